The van der Waals surface area contributed by atoms with Crippen molar-refractivity contribution in [3.8, 4) is 5.75 Å². The average molecular weight is 252 g/mol. The van der Waals surface area contributed by atoms with Crippen LogP contribution in [0.2, 0.25) is 0 Å². The van der Waals surface area contributed by atoms with Gasteiger partial charge in [0.15, 0.2) is 6.10 Å². The van der Waals surface area contributed by atoms with Crippen LogP contribution >= 0.6 is 0 Å². The van der Waals surface area contributed by atoms with E-state index in [4.69, 9.17) is 9.84 Å². The molecule has 2 N–H and O–H groups in total. The molecule has 1 unspecified atom stereocenters. The molecule has 0 aromatic carbocycles. The van der Waals surface area contributed by atoms with E-state index in [2.05, 4.69) is 17.2 Å². The summed E-state index contributed by atoms with van der Waals surface area (Å²) in [6, 6.07) is 3.35. The fraction of sp³-hybridized carbons (Fsp3) is 0.538. The fourth-order valence-corrected chi connectivity index (χ4v) is 1.36. The molecule has 0 saturated carbocycles. The molecule has 100 valence electrons. The van der Waals surface area contributed by atoms with Crippen molar-refractivity contribution in [2.45, 2.75) is 39.4 Å². The Balaban J connectivity index is 2.42. The predicted octanol–water partition coefficient (Wildman–Crippen LogP) is 1.26. The van der Waals surface area contributed by atoms with Crippen LogP contribution in [0.3, 0.4) is 0 Å². The van der Waals surface area contributed by atoms with Gasteiger partial charge in [0.2, 0.25) is 0 Å². The third-order valence-corrected chi connectivity index (χ3v) is 2.47. The molecule has 1 heterocycles. The number of hydrogen-bond acceptors (Lipinski definition) is 4. The van der Waals surface area contributed by atoms with Crippen LogP contribution in [-0.2, 0) is 11.4 Å². The summed E-state index contributed by atoms with van der Waals surface area (Å²) < 4.78 is 5.45. The van der Waals surface area contributed by atoms with E-state index in [-0.39, 0.29) is 12.5 Å². The van der Waals surface area contributed by atoms with Crippen LogP contribution in [0.25, 0.3) is 0 Å². The number of aliphatic hydroxyl groups excluding tert-OH is 1. The Labute approximate surface area is 107 Å². The van der Waals surface area contributed by atoms with Gasteiger partial charge in [-0.15, -0.1) is 0 Å². The number of carbonyl (C=O) groups is 1. The summed E-state index contributed by atoms with van der Waals surface area (Å²) in [5.41, 5.74) is 0.572. The van der Waals surface area contributed by atoms with Crippen LogP contribution in [0.1, 0.15) is 32.4 Å². The van der Waals surface area contributed by atoms with E-state index < -0.39 is 6.10 Å². The van der Waals surface area contributed by atoms with Crippen molar-refractivity contribution in [3.05, 3.63) is 24.0 Å². The molecule has 0 radical (unpaired) electrons. The van der Waals surface area contributed by atoms with Gasteiger partial charge in [-0.25, -0.2) is 0 Å². The van der Waals surface area contributed by atoms with Crippen LogP contribution in [0, 0.1) is 0 Å². The number of carbonyl (C=O) groups excluding carboxylic acids is 1. The molecule has 0 bridgehead atoms. The quantitative estimate of drug-likeness (QED) is 0.717. The highest BCUT2D eigenvalue weighted by Crippen LogP contribution is 2.11. The molecule has 0 spiro atoms. The maximum absolute atomic E-state index is 11.6. The smallest absolute Gasteiger partial charge is 0.260 e. The molecule has 0 aliphatic carbocycles. The highest BCUT2D eigenvalue weighted by molar-refractivity contribution is 5.80. The summed E-state index contributed by atoms with van der Waals surface area (Å²) in [6.45, 7) is 4.33. The van der Waals surface area contributed by atoms with Gasteiger partial charge in [0.25, 0.3) is 5.91 Å². The van der Waals surface area contributed by atoms with Gasteiger partial charge in [-0.05, 0) is 25.5 Å². The molecule has 1 aromatic rings. The lowest BCUT2D eigenvalue weighted by molar-refractivity contribution is -0.127. The first-order valence-electron chi connectivity index (χ1n) is 6.17. The Morgan fingerprint density at radius 3 is 2.89 bits per heavy atom. The van der Waals surface area contributed by atoms with Crippen molar-refractivity contribution in [1.29, 1.82) is 0 Å². The molecule has 1 aromatic heterocycles. The number of hydrogen-bond donors (Lipinski definition) is 2. The SMILES string of the molecule is CCCCNC(=O)C(C)Oc1ccc(CO)nc1. The zero-order chi connectivity index (χ0) is 13.4. The number of aliphatic hydroxyl groups is 1. The van der Waals surface area contributed by atoms with Crippen LogP contribution in [0.15, 0.2) is 18.3 Å². The number of amides is 1. The number of ether oxygens (including phenoxy) is 1. The Morgan fingerprint density at radius 2 is 2.33 bits per heavy atom. The maximum Gasteiger partial charge on any atom is 0.260 e. The zero-order valence-electron chi connectivity index (χ0n) is 10.8. The van der Waals surface area contributed by atoms with E-state index in [9.17, 15) is 4.79 Å². The second-order valence-electron chi connectivity index (χ2n) is 4.05. The minimum absolute atomic E-state index is 0.104. The molecular formula is C13H20N2O3. The second-order valence-corrected chi connectivity index (χ2v) is 4.05. The molecule has 18 heavy (non-hydrogen) atoms. The zero-order valence-corrected chi connectivity index (χ0v) is 10.8. The summed E-state index contributed by atoms with van der Waals surface area (Å²) in [5, 5.41) is 11.7. The van der Waals surface area contributed by atoms with Crippen molar-refractivity contribution < 1.29 is 14.6 Å². The number of pyridine rings is 1. The molecule has 0 fully saturated rings. The Kier molecular flexibility index (Phi) is 6.14. The number of aromatic nitrogens is 1. The van der Waals surface area contributed by atoms with E-state index in [0.29, 0.717) is 18.0 Å². The first kappa shape index (κ1) is 14.4. The lowest BCUT2D eigenvalue weighted by atomic mass is 10.3. The van der Waals surface area contributed by atoms with Crippen molar-refractivity contribution in [3.63, 3.8) is 0 Å². The van der Waals surface area contributed by atoms with E-state index >= 15 is 0 Å². The number of rotatable bonds is 7. The first-order chi connectivity index (χ1) is 8.67. The van der Waals surface area contributed by atoms with Gasteiger partial charge in [0, 0.05) is 6.54 Å². The van der Waals surface area contributed by atoms with Gasteiger partial charge in [0.05, 0.1) is 18.5 Å². The van der Waals surface area contributed by atoms with Crippen molar-refractivity contribution >= 4 is 5.91 Å². The highest BCUT2D eigenvalue weighted by Gasteiger charge is 2.13. The standard InChI is InChI=1S/C13H20N2O3/c1-3-4-7-14-13(17)10(2)18-12-6-5-11(9-16)15-8-12/h5-6,8,10,16H,3-4,7,9H2,1-2H3,(H,14,17). The van der Waals surface area contributed by atoms with Crippen molar-refractivity contribution in [1.82, 2.24) is 10.3 Å². The third-order valence-electron chi connectivity index (χ3n) is 2.47. The molecule has 0 aliphatic rings. The van der Waals surface area contributed by atoms with E-state index in [0.717, 1.165) is 12.8 Å². The van der Waals surface area contributed by atoms with Crippen LogP contribution in [0.4, 0.5) is 0 Å². The van der Waals surface area contributed by atoms with E-state index in [1.807, 2.05) is 0 Å². The summed E-state index contributed by atoms with van der Waals surface area (Å²) in [7, 11) is 0. The number of nitrogens with zero attached hydrogens (tertiary/aromatic N) is 1. The van der Waals surface area contributed by atoms with Crippen molar-refractivity contribution in [2.75, 3.05) is 6.54 Å². The molecule has 1 atom stereocenters. The van der Waals surface area contributed by atoms with Gasteiger partial charge in [-0.3, -0.25) is 9.78 Å². The fourth-order valence-electron chi connectivity index (χ4n) is 1.36. The largest absolute Gasteiger partial charge is 0.479 e. The van der Waals surface area contributed by atoms with E-state index in [1.165, 1.54) is 6.20 Å². The van der Waals surface area contributed by atoms with Crippen molar-refractivity contribution in [2.24, 2.45) is 0 Å². The first-order valence-corrected chi connectivity index (χ1v) is 6.17. The molecule has 5 nitrogen and oxygen atoms in total. The summed E-state index contributed by atoms with van der Waals surface area (Å²) in [4.78, 5) is 15.6. The van der Waals surface area contributed by atoms with Gasteiger partial charge >= 0.3 is 0 Å². The molecule has 1 amide bonds. The Hall–Kier alpha value is -1.62. The predicted molar refractivity (Wildman–Crippen MR) is 68.2 cm³/mol. The van der Waals surface area contributed by atoms with Gasteiger partial charge in [0.1, 0.15) is 5.75 Å². The van der Waals surface area contributed by atoms with Crippen LogP contribution in [0.5, 0.6) is 5.75 Å². The second kappa shape index (κ2) is 7.66. The third kappa shape index (κ3) is 4.71. The number of unbranched alkanes of at least 4 members (excludes halogenated alkanes) is 1. The minimum atomic E-state index is -0.552. The number of nitrogens with one attached hydrogen (secondary N) is 1. The Bertz CT molecular complexity index is 365. The molecule has 5 heteroatoms. The average Bonchev–Trinajstić information content (AvgIpc) is 2.39. The summed E-state index contributed by atoms with van der Waals surface area (Å²) >= 11 is 0. The highest BCUT2D eigenvalue weighted by atomic mass is 16.5. The maximum atomic E-state index is 11.6. The molecule has 1 rings (SSSR count). The normalized spacial score (nSPS) is 11.9. The monoisotopic (exact) mass is 252 g/mol. The molecule has 0 saturated heterocycles. The lowest BCUT2D eigenvalue weighted by Crippen LogP contribution is -2.36. The van der Waals surface area contributed by atoms with Crippen LogP contribution < -0.4 is 10.1 Å². The lowest BCUT2D eigenvalue weighted by Gasteiger charge is -2.14. The van der Waals surface area contributed by atoms with Gasteiger partial charge < -0.3 is 15.2 Å². The Morgan fingerprint density at radius 1 is 1.56 bits per heavy atom. The molecule has 0 aliphatic heterocycles. The molecular weight excluding hydrogens is 232 g/mol. The minimum Gasteiger partial charge on any atom is -0.479 e. The summed E-state index contributed by atoms with van der Waals surface area (Å²) in [5.74, 6) is 0.389. The van der Waals surface area contributed by atoms with Gasteiger partial charge in [-0.1, -0.05) is 13.3 Å². The van der Waals surface area contributed by atoms with Crippen LogP contribution in [-0.4, -0.2) is 28.6 Å². The summed E-state index contributed by atoms with van der Waals surface area (Å²) in [6.07, 6.45) is 2.96. The topological polar surface area (TPSA) is 71.5 Å². The van der Waals surface area contributed by atoms with Gasteiger partial charge in [-0.2, -0.15) is 0 Å². The van der Waals surface area contributed by atoms with E-state index in [1.54, 1.807) is 19.1 Å².